The highest BCUT2D eigenvalue weighted by Crippen LogP contribution is 2.23. The van der Waals surface area contributed by atoms with Gasteiger partial charge in [0.25, 0.3) is 5.91 Å². The number of hydrogen-bond donors (Lipinski definition) is 0. The van der Waals surface area contributed by atoms with E-state index in [2.05, 4.69) is 13.8 Å². The molecule has 0 radical (unpaired) electrons. The minimum atomic E-state index is 0.0660. The molecule has 21 heavy (non-hydrogen) atoms. The van der Waals surface area contributed by atoms with Crippen LogP contribution in [0.1, 0.15) is 68.3 Å². The highest BCUT2D eigenvalue weighted by molar-refractivity contribution is 5.95. The fourth-order valence-electron chi connectivity index (χ4n) is 2.99. The lowest BCUT2D eigenvalue weighted by atomic mass is 9.96. The number of hydrogen-bond acceptors (Lipinski definition) is 2. The highest BCUT2D eigenvalue weighted by Gasteiger charge is 2.28. The van der Waals surface area contributed by atoms with Crippen LogP contribution in [0, 0.1) is 0 Å². The largest absolute Gasteiger partial charge is 0.335 e. The zero-order chi connectivity index (χ0) is 15.4. The molecule has 1 aliphatic heterocycles. The van der Waals surface area contributed by atoms with Crippen LogP contribution in [0.15, 0.2) is 24.3 Å². The Morgan fingerprint density at radius 3 is 2.43 bits per heavy atom. The molecule has 1 aromatic carbocycles. The van der Waals surface area contributed by atoms with Crippen LogP contribution in [-0.2, 0) is 4.79 Å². The minimum Gasteiger partial charge on any atom is -0.335 e. The molecule has 0 bridgehead atoms. The Labute approximate surface area is 127 Å². The van der Waals surface area contributed by atoms with Crippen molar-refractivity contribution in [3.63, 3.8) is 0 Å². The van der Waals surface area contributed by atoms with Gasteiger partial charge < -0.3 is 4.90 Å². The summed E-state index contributed by atoms with van der Waals surface area (Å²) in [6.07, 6.45) is 3.56. The molecule has 114 valence electrons. The first-order valence-corrected chi connectivity index (χ1v) is 7.89. The van der Waals surface area contributed by atoms with Gasteiger partial charge in [-0.1, -0.05) is 26.0 Å². The van der Waals surface area contributed by atoms with E-state index in [1.807, 2.05) is 29.2 Å². The molecule has 0 aliphatic carbocycles. The van der Waals surface area contributed by atoms with Crippen molar-refractivity contribution >= 4 is 11.7 Å². The van der Waals surface area contributed by atoms with Crippen LogP contribution in [0.2, 0.25) is 0 Å². The second-order valence-electron chi connectivity index (χ2n) is 6.33. The Hall–Kier alpha value is -1.64. The third-order valence-corrected chi connectivity index (χ3v) is 4.24. The van der Waals surface area contributed by atoms with Gasteiger partial charge in [-0.3, -0.25) is 9.59 Å². The number of carbonyl (C=O) groups is 2. The average molecular weight is 287 g/mol. The van der Waals surface area contributed by atoms with Crippen LogP contribution >= 0.6 is 0 Å². The number of likely N-dealkylation sites (tertiary alicyclic amines) is 1. The topological polar surface area (TPSA) is 37.4 Å². The smallest absolute Gasteiger partial charge is 0.254 e. The van der Waals surface area contributed by atoms with Gasteiger partial charge in [0.1, 0.15) is 5.78 Å². The molecular weight excluding hydrogens is 262 g/mol. The monoisotopic (exact) mass is 287 g/mol. The summed E-state index contributed by atoms with van der Waals surface area (Å²) in [5.74, 6) is 0.695. The van der Waals surface area contributed by atoms with Crippen LogP contribution in [0.5, 0.6) is 0 Å². The van der Waals surface area contributed by atoms with Crippen molar-refractivity contribution < 1.29 is 9.59 Å². The first kappa shape index (κ1) is 15.7. The third kappa shape index (κ3) is 3.93. The Morgan fingerprint density at radius 1 is 1.19 bits per heavy atom. The Balaban J connectivity index is 2.14. The number of ketones is 1. The van der Waals surface area contributed by atoms with Crippen LogP contribution in [0.3, 0.4) is 0 Å². The predicted octanol–water partition coefficient (Wildman–Crippen LogP) is 3.78. The predicted molar refractivity (Wildman–Crippen MR) is 84.5 cm³/mol. The standard InChI is InChI=1S/C18H25NO2/c1-13(2)15-7-9-16(10-8-15)18(21)19-11-5-4-6-17(19)12-14(3)20/h7-10,13,17H,4-6,11-12H2,1-3H3. The summed E-state index contributed by atoms with van der Waals surface area (Å²) in [5.41, 5.74) is 1.97. The van der Waals surface area contributed by atoms with Gasteiger partial charge in [0.2, 0.25) is 0 Å². The zero-order valence-electron chi connectivity index (χ0n) is 13.3. The molecule has 1 atom stereocenters. The van der Waals surface area contributed by atoms with Gasteiger partial charge in [-0.25, -0.2) is 0 Å². The van der Waals surface area contributed by atoms with E-state index in [1.165, 1.54) is 5.56 Å². The molecule has 1 amide bonds. The molecule has 0 spiro atoms. The molecule has 0 saturated carbocycles. The van der Waals surface area contributed by atoms with E-state index in [0.717, 1.165) is 31.4 Å². The molecule has 1 aromatic rings. The van der Waals surface area contributed by atoms with E-state index < -0.39 is 0 Å². The summed E-state index contributed by atoms with van der Waals surface area (Å²) in [5, 5.41) is 0. The molecule has 1 saturated heterocycles. The maximum absolute atomic E-state index is 12.7. The Kier molecular flexibility index (Phi) is 5.16. The second-order valence-corrected chi connectivity index (χ2v) is 6.33. The molecule has 3 nitrogen and oxygen atoms in total. The van der Waals surface area contributed by atoms with E-state index in [4.69, 9.17) is 0 Å². The summed E-state index contributed by atoms with van der Waals surface area (Å²) in [4.78, 5) is 26.0. The maximum atomic E-state index is 12.7. The summed E-state index contributed by atoms with van der Waals surface area (Å²) >= 11 is 0. The number of nitrogens with zero attached hydrogens (tertiary/aromatic N) is 1. The van der Waals surface area contributed by atoms with E-state index in [-0.39, 0.29) is 17.7 Å². The van der Waals surface area contributed by atoms with Crippen LogP contribution < -0.4 is 0 Å². The van der Waals surface area contributed by atoms with Crippen molar-refractivity contribution in [2.24, 2.45) is 0 Å². The van der Waals surface area contributed by atoms with Crippen LogP contribution in [0.25, 0.3) is 0 Å². The van der Waals surface area contributed by atoms with Crippen molar-refractivity contribution in [1.82, 2.24) is 4.90 Å². The van der Waals surface area contributed by atoms with Crippen LogP contribution in [-0.4, -0.2) is 29.2 Å². The number of carbonyl (C=O) groups excluding carboxylic acids is 2. The van der Waals surface area contributed by atoms with Gasteiger partial charge in [0, 0.05) is 24.6 Å². The van der Waals surface area contributed by atoms with Gasteiger partial charge in [0.05, 0.1) is 0 Å². The van der Waals surface area contributed by atoms with Crippen LogP contribution in [0.4, 0.5) is 0 Å². The summed E-state index contributed by atoms with van der Waals surface area (Å²) in [6.45, 7) is 6.66. The van der Waals surface area contributed by atoms with E-state index in [1.54, 1.807) is 6.92 Å². The molecule has 3 heteroatoms. The van der Waals surface area contributed by atoms with Gasteiger partial charge in [0.15, 0.2) is 0 Å². The van der Waals surface area contributed by atoms with Crippen molar-refractivity contribution in [2.75, 3.05) is 6.54 Å². The maximum Gasteiger partial charge on any atom is 0.254 e. The van der Waals surface area contributed by atoms with Crippen molar-refractivity contribution in [1.29, 1.82) is 0 Å². The van der Waals surface area contributed by atoms with Crippen molar-refractivity contribution in [3.05, 3.63) is 35.4 Å². The third-order valence-electron chi connectivity index (χ3n) is 4.24. The highest BCUT2D eigenvalue weighted by atomic mass is 16.2. The minimum absolute atomic E-state index is 0.0660. The molecule has 0 aromatic heterocycles. The first-order chi connectivity index (χ1) is 9.99. The van der Waals surface area contributed by atoms with E-state index in [0.29, 0.717) is 12.3 Å². The lowest BCUT2D eigenvalue weighted by Crippen LogP contribution is -2.44. The first-order valence-electron chi connectivity index (χ1n) is 7.89. The second kappa shape index (κ2) is 6.88. The fourth-order valence-corrected chi connectivity index (χ4v) is 2.99. The molecular formula is C18H25NO2. The number of rotatable bonds is 4. The molecule has 0 N–H and O–H groups in total. The molecule has 1 unspecified atom stereocenters. The normalized spacial score (nSPS) is 18.9. The van der Waals surface area contributed by atoms with Crippen molar-refractivity contribution in [3.8, 4) is 0 Å². The lowest BCUT2D eigenvalue weighted by molar-refractivity contribution is -0.118. The quantitative estimate of drug-likeness (QED) is 0.845. The van der Waals surface area contributed by atoms with E-state index >= 15 is 0 Å². The number of benzene rings is 1. The van der Waals surface area contributed by atoms with Gasteiger partial charge in [-0.2, -0.15) is 0 Å². The Morgan fingerprint density at radius 2 is 1.86 bits per heavy atom. The number of Topliss-reactive ketones (excluding diaryl/α,β-unsaturated/α-hetero) is 1. The molecule has 1 heterocycles. The Bertz CT molecular complexity index is 504. The number of piperidine rings is 1. The molecule has 1 aliphatic rings. The number of amides is 1. The summed E-state index contributed by atoms with van der Waals surface area (Å²) in [6, 6.07) is 7.96. The molecule has 2 rings (SSSR count). The fraction of sp³-hybridized carbons (Fsp3) is 0.556. The van der Waals surface area contributed by atoms with Gasteiger partial charge >= 0.3 is 0 Å². The van der Waals surface area contributed by atoms with Gasteiger partial charge in [-0.15, -0.1) is 0 Å². The van der Waals surface area contributed by atoms with E-state index in [9.17, 15) is 9.59 Å². The van der Waals surface area contributed by atoms with Crippen molar-refractivity contribution in [2.45, 2.75) is 58.4 Å². The summed E-state index contributed by atoms with van der Waals surface area (Å²) < 4.78 is 0. The van der Waals surface area contributed by atoms with Gasteiger partial charge in [-0.05, 0) is 49.8 Å². The lowest BCUT2D eigenvalue weighted by Gasteiger charge is -2.35. The average Bonchev–Trinajstić information content (AvgIpc) is 2.46. The zero-order valence-corrected chi connectivity index (χ0v) is 13.3. The molecule has 1 fully saturated rings. The SMILES string of the molecule is CC(=O)CC1CCCCN1C(=O)c1ccc(C(C)C)cc1. The summed E-state index contributed by atoms with van der Waals surface area (Å²) in [7, 11) is 0.